The smallest absolute Gasteiger partial charge is 0.295 e. The third kappa shape index (κ3) is 7.50. The van der Waals surface area contributed by atoms with Crippen LogP contribution in [0, 0.1) is 27.7 Å². The summed E-state index contributed by atoms with van der Waals surface area (Å²) >= 11 is 0. The van der Waals surface area contributed by atoms with Crippen LogP contribution in [0.25, 0.3) is 11.3 Å². The normalized spacial score (nSPS) is 12.5. The molecule has 0 amide bonds. The van der Waals surface area contributed by atoms with Crippen LogP contribution in [0.3, 0.4) is 0 Å². The van der Waals surface area contributed by atoms with Gasteiger partial charge in [-0.1, -0.05) is 32.9 Å². The van der Waals surface area contributed by atoms with Crippen LogP contribution in [0.1, 0.15) is 60.7 Å². The Kier molecular flexibility index (Phi) is 10.1. The summed E-state index contributed by atoms with van der Waals surface area (Å²) < 4.78 is 52.4. The molecule has 0 unspecified atom stereocenters. The van der Waals surface area contributed by atoms with Crippen LogP contribution in [0.2, 0.25) is 18.1 Å². The summed E-state index contributed by atoms with van der Waals surface area (Å²) in [5.41, 5.74) is 11.2. The zero-order valence-electron chi connectivity index (χ0n) is 26.5. The molecule has 230 valence electrons. The van der Waals surface area contributed by atoms with Crippen molar-refractivity contribution in [2.75, 3.05) is 26.1 Å². The van der Waals surface area contributed by atoms with Gasteiger partial charge in [-0.05, 0) is 74.1 Å². The summed E-state index contributed by atoms with van der Waals surface area (Å²) in [5, 5.41) is 0.167. The first kappa shape index (κ1) is 33.5. The van der Waals surface area contributed by atoms with Crippen molar-refractivity contribution < 1.29 is 26.9 Å². The molecule has 9 nitrogen and oxygen atoms in total. The van der Waals surface area contributed by atoms with E-state index in [1.807, 2.05) is 32.0 Å². The van der Waals surface area contributed by atoms with E-state index in [0.29, 0.717) is 59.2 Å². The lowest BCUT2D eigenvalue weighted by Crippen LogP contribution is -2.41. The molecule has 0 bridgehead atoms. The quantitative estimate of drug-likeness (QED) is 0.139. The minimum Gasteiger partial charge on any atom is -0.496 e. The van der Waals surface area contributed by atoms with Gasteiger partial charge in [0.15, 0.2) is 8.32 Å². The van der Waals surface area contributed by atoms with Crippen LogP contribution in [0.15, 0.2) is 29.2 Å². The highest BCUT2D eigenvalue weighted by molar-refractivity contribution is 7.86. The lowest BCUT2D eigenvalue weighted by Gasteiger charge is -2.36. The van der Waals surface area contributed by atoms with E-state index in [4.69, 9.17) is 19.6 Å². The summed E-state index contributed by atoms with van der Waals surface area (Å²) in [6, 6.07) is 7.43. The predicted octanol–water partition coefficient (Wildman–Crippen LogP) is 6.60. The fourth-order valence-electron chi connectivity index (χ4n) is 4.91. The third-order valence-electron chi connectivity index (χ3n) is 8.08. The minimum absolute atomic E-state index is 0.0762. The second kappa shape index (κ2) is 12.7. The molecule has 0 aliphatic carbocycles. The monoisotopic (exact) mass is 615 g/mol. The van der Waals surface area contributed by atoms with E-state index in [1.54, 1.807) is 27.0 Å². The summed E-state index contributed by atoms with van der Waals surface area (Å²) in [7, 11) is -4.64. The van der Waals surface area contributed by atoms with Crippen molar-refractivity contribution in [1.29, 1.82) is 0 Å². The minimum atomic E-state index is -4.46. The number of ether oxygens (including phenoxy) is 2. The van der Waals surface area contributed by atoms with Gasteiger partial charge in [-0.2, -0.15) is 8.42 Å². The Balaban J connectivity index is 1.91. The first-order valence-electron chi connectivity index (χ1n) is 14.0. The molecule has 0 saturated heterocycles. The highest BCUT2D eigenvalue weighted by Gasteiger charge is 2.36. The number of aryl methyl sites for hydroxylation is 3. The van der Waals surface area contributed by atoms with Gasteiger partial charge in [0.1, 0.15) is 16.4 Å². The van der Waals surface area contributed by atoms with Crippen LogP contribution in [-0.2, 0) is 21.0 Å². The van der Waals surface area contributed by atoms with Gasteiger partial charge < -0.3 is 19.6 Å². The molecule has 0 radical (unpaired) electrons. The first-order valence-corrected chi connectivity index (χ1v) is 18.4. The highest BCUT2D eigenvalue weighted by atomic mass is 32.2. The number of nitrogens with two attached hydrogens (primary N) is 1. The van der Waals surface area contributed by atoms with Crippen LogP contribution >= 0.6 is 0 Å². The molecule has 0 aliphatic rings. The standard InChI is InChI=1S/C31H45N3O6SSi/c1-19-16-20(2)29(41(35,36)37)21(3)27(19)28-25(22(4)33-30(32)34-28)17-23-12-13-24(18-26(23)38-8)39-14-11-15-40-42(9,10)31(5,6)7/h12-13,16,18H,11,14-15,17H2,1-10H3,(H2,32,33,34)(H,35,36,37). The van der Waals surface area contributed by atoms with Crippen molar-refractivity contribution in [3.05, 3.63) is 57.8 Å². The second-order valence-corrected chi connectivity index (χ2v) is 18.4. The molecule has 0 atom stereocenters. The van der Waals surface area contributed by atoms with Crippen LogP contribution in [-0.4, -0.2) is 51.6 Å². The Morgan fingerprint density at radius 3 is 2.26 bits per heavy atom. The van der Waals surface area contributed by atoms with Gasteiger partial charge in [-0.15, -0.1) is 0 Å². The van der Waals surface area contributed by atoms with Crippen molar-refractivity contribution >= 4 is 24.4 Å². The van der Waals surface area contributed by atoms with Gasteiger partial charge >= 0.3 is 0 Å². The largest absolute Gasteiger partial charge is 0.496 e. The van der Waals surface area contributed by atoms with E-state index in [1.165, 1.54) is 0 Å². The predicted molar refractivity (Wildman–Crippen MR) is 170 cm³/mol. The Labute approximate surface area is 251 Å². The molecule has 42 heavy (non-hydrogen) atoms. The fraction of sp³-hybridized carbons (Fsp3) is 0.484. The molecule has 0 spiro atoms. The van der Waals surface area contributed by atoms with Gasteiger partial charge in [0.05, 0.1) is 19.4 Å². The summed E-state index contributed by atoms with van der Waals surface area (Å²) in [6.45, 7) is 19.4. The Hall–Kier alpha value is -2.99. The van der Waals surface area contributed by atoms with Gasteiger partial charge in [0.25, 0.3) is 10.1 Å². The molecule has 2 aromatic carbocycles. The van der Waals surface area contributed by atoms with Crippen molar-refractivity contribution in [2.24, 2.45) is 0 Å². The lowest BCUT2D eigenvalue weighted by atomic mass is 9.91. The molecular formula is C31H45N3O6SSi. The van der Waals surface area contributed by atoms with Gasteiger partial charge in [-0.25, -0.2) is 9.97 Å². The Bertz CT molecular complexity index is 1570. The number of benzene rings is 2. The van der Waals surface area contributed by atoms with Gasteiger partial charge in [-0.3, -0.25) is 4.55 Å². The van der Waals surface area contributed by atoms with E-state index in [0.717, 1.165) is 23.1 Å². The first-order chi connectivity index (χ1) is 19.4. The number of nitrogen functional groups attached to an aromatic ring is 1. The number of methoxy groups -OCH3 is 1. The second-order valence-electron chi connectivity index (χ2n) is 12.3. The molecule has 0 aliphatic heterocycles. The zero-order chi connectivity index (χ0) is 31.6. The number of hydrogen-bond donors (Lipinski definition) is 2. The van der Waals surface area contributed by atoms with E-state index in [2.05, 4.69) is 43.8 Å². The van der Waals surface area contributed by atoms with Gasteiger partial charge in [0.2, 0.25) is 5.95 Å². The van der Waals surface area contributed by atoms with Crippen molar-refractivity contribution in [3.8, 4) is 22.8 Å². The Morgan fingerprint density at radius 2 is 1.67 bits per heavy atom. The molecule has 11 heteroatoms. The van der Waals surface area contributed by atoms with Crippen LogP contribution < -0.4 is 15.2 Å². The summed E-state index contributed by atoms with van der Waals surface area (Å²) in [6.07, 6.45) is 1.18. The van der Waals surface area contributed by atoms with E-state index >= 15 is 0 Å². The summed E-state index contributed by atoms with van der Waals surface area (Å²) in [4.78, 5) is 8.82. The molecule has 3 rings (SSSR count). The van der Waals surface area contributed by atoms with Crippen LogP contribution in [0.4, 0.5) is 5.95 Å². The SMILES string of the molecule is COc1cc(OCCCO[Si](C)(C)C(C)(C)C)ccc1Cc1c(C)nc(N)nc1-c1c(C)cc(C)c(S(=O)(=O)O)c1C. The molecule has 3 N–H and O–H groups in total. The van der Waals surface area contributed by atoms with Crippen molar-refractivity contribution in [1.82, 2.24) is 9.97 Å². The summed E-state index contributed by atoms with van der Waals surface area (Å²) in [5.74, 6) is 1.41. The maximum absolute atomic E-state index is 12.3. The van der Waals surface area contributed by atoms with E-state index in [9.17, 15) is 13.0 Å². The number of anilines is 1. The molecule has 0 saturated carbocycles. The third-order valence-corrected chi connectivity index (χ3v) is 13.8. The Morgan fingerprint density at radius 1 is 1.00 bits per heavy atom. The van der Waals surface area contributed by atoms with E-state index in [-0.39, 0.29) is 15.9 Å². The number of rotatable bonds is 11. The average molecular weight is 616 g/mol. The molecule has 0 fully saturated rings. The highest BCUT2D eigenvalue weighted by Crippen LogP contribution is 2.38. The molecule has 1 aromatic heterocycles. The maximum Gasteiger partial charge on any atom is 0.295 e. The average Bonchev–Trinajstić information content (AvgIpc) is 2.84. The zero-order valence-corrected chi connectivity index (χ0v) is 28.3. The van der Waals surface area contributed by atoms with Gasteiger partial charge in [0, 0.05) is 42.3 Å². The number of hydrogen-bond acceptors (Lipinski definition) is 8. The topological polar surface area (TPSA) is 134 Å². The molecule has 3 aromatic rings. The number of nitrogens with zero attached hydrogens (tertiary/aromatic N) is 2. The van der Waals surface area contributed by atoms with Crippen molar-refractivity contribution in [2.45, 2.75) is 84.3 Å². The molecular weight excluding hydrogens is 571 g/mol. The number of aromatic nitrogens is 2. The maximum atomic E-state index is 12.3. The lowest BCUT2D eigenvalue weighted by molar-refractivity contribution is 0.233. The van der Waals surface area contributed by atoms with E-state index < -0.39 is 18.4 Å². The van der Waals surface area contributed by atoms with Crippen LogP contribution in [0.5, 0.6) is 11.5 Å². The molecule has 1 heterocycles. The van der Waals surface area contributed by atoms with Crippen molar-refractivity contribution in [3.63, 3.8) is 0 Å². The fourth-order valence-corrected chi connectivity index (χ4v) is 6.95.